The molecule has 6 nitrogen and oxygen atoms in total. The summed E-state index contributed by atoms with van der Waals surface area (Å²) in [6.07, 6.45) is 0. The number of benzene rings is 1. The fourth-order valence-electron chi connectivity index (χ4n) is 2.12. The highest BCUT2D eigenvalue weighted by Crippen LogP contribution is 2.37. The maximum absolute atomic E-state index is 12.0. The highest BCUT2D eigenvalue weighted by molar-refractivity contribution is 7.89. The number of hydrogen-bond donors (Lipinski definition) is 3. The summed E-state index contributed by atoms with van der Waals surface area (Å²) in [4.78, 5) is 11.0. The van der Waals surface area contributed by atoms with Gasteiger partial charge in [-0.15, -0.1) is 0 Å². The third-order valence-corrected chi connectivity index (χ3v) is 4.18. The lowest BCUT2D eigenvalue weighted by molar-refractivity contribution is -0.119. The average Bonchev–Trinajstić information content (AvgIpc) is 2.27. The predicted octanol–water partition coefficient (Wildman–Crippen LogP) is 1.28. The Bertz CT molecular complexity index is 673. The van der Waals surface area contributed by atoms with Crippen molar-refractivity contribution in [2.45, 2.75) is 51.5 Å². The first-order valence-electron chi connectivity index (χ1n) is 6.49. The van der Waals surface area contributed by atoms with Crippen LogP contribution in [0.25, 0.3) is 0 Å². The number of rotatable bonds is 3. The number of hydrogen-bond acceptors (Lipinski definition) is 4. The van der Waals surface area contributed by atoms with Crippen molar-refractivity contribution in [2.75, 3.05) is 0 Å². The molecule has 118 valence electrons. The molecule has 4 N–H and O–H groups in total. The molecule has 0 spiro atoms. The monoisotopic (exact) mass is 314 g/mol. The van der Waals surface area contributed by atoms with Crippen LogP contribution in [0.5, 0.6) is 5.75 Å². The maximum atomic E-state index is 12.0. The van der Waals surface area contributed by atoms with Gasteiger partial charge in [0.1, 0.15) is 5.75 Å². The molecule has 1 amide bonds. The molecular weight excluding hydrogens is 292 g/mol. The highest BCUT2D eigenvalue weighted by atomic mass is 32.2. The lowest BCUT2D eigenvalue weighted by atomic mass is 9.84. The molecule has 7 heteroatoms. The number of phenolic OH excluding ortho intramolecular Hbond substituents is 1. The molecule has 1 rings (SSSR count). The van der Waals surface area contributed by atoms with E-state index in [1.165, 1.54) is 6.92 Å². The Morgan fingerprint density at radius 2 is 1.90 bits per heavy atom. The first-order valence-corrected chi connectivity index (χ1v) is 8.03. The first kappa shape index (κ1) is 17.5. The van der Waals surface area contributed by atoms with Gasteiger partial charge >= 0.3 is 0 Å². The lowest BCUT2D eigenvalue weighted by Crippen LogP contribution is -2.26. The van der Waals surface area contributed by atoms with Crippen LogP contribution in [0.1, 0.15) is 44.4 Å². The molecule has 0 aliphatic rings. The Morgan fingerprint density at radius 1 is 1.38 bits per heavy atom. The minimum atomic E-state index is -4.05. The van der Waals surface area contributed by atoms with Gasteiger partial charge in [0, 0.05) is 19.0 Å². The second kappa shape index (κ2) is 5.65. The van der Waals surface area contributed by atoms with Gasteiger partial charge in [0.2, 0.25) is 15.9 Å². The van der Waals surface area contributed by atoms with Gasteiger partial charge < -0.3 is 10.4 Å². The Kier molecular flexibility index (Phi) is 4.70. The summed E-state index contributed by atoms with van der Waals surface area (Å²) in [5, 5.41) is 18.0. The van der Waals surface area contributed by atoms with E-state index in [4.69, 9.17) is 5.14 Å². The fourth-order valence-corrected chi connectivity index (χ4v) is 3.30. The Labute approximate surface area is 125 Å². The molecule has 0 radical (unpaired) electrons. The molecule has 0 aliphatic carbocycles. The number of sulfonamides is 1. The van der Waals surface area contributed by atoms with E-state index in [1.54, 1.807) is 13.0 Å². The van der Waals surface area contributed by atoms with Crippen LogP contribution in [0.15, 0.2) is 11.0 Å². The number of nitrogens with one attached hydrogen (secondary N) is 1. The SMILES string of the molecule is CC(=O)NCc1c(O)c(C)cc(C(C)(C)C)c1S(N)(=O)=O. The van der Waals surface area contributed by atoms with Gasteiger partial charge in [-0.3, -0.25) is 4.79 Å². The van der Waals surface area contributed by atoms with Crippen LogP contribution in [0.3, 0.4) is 0 Å². The van der Waals surface area contributed by atoms with Crippen molar-refractivity contribution in [2.24, 2.45) is 5.14 Å². The van der Waals surface area contributed by atoms with Gasteiger partial charge in [-0.1, -0.05) is 26.8 Å². The van der Waals surface area contributed by atoms with Crippen molar-refractivity contribution in [1.82, 2.24) is 5.32 Å². The van der Waals surface area contributed by atoms with Crippen LogP contribution in [0.4, 0.5) is 0 Å². The molecule has 0 saturated carbocycles. The van der Waals surface area contributed by atoms with Crippen LogP contribution in [0, 0.1) is 6.92 Å². The van der Waals surface area contributed by atoms with Gasteiger partial charge in [-0.25, -0.2) is 13.6 Å². The van der Waals surface area contributed by atoms with E-state index in [1.807, 2.05) is 20.8 Å². The Hall–Kier alpha value is -1.60. The summed E-state index contributed by atoms with van der Waals surface area (Å²) >= 11 is 0. The largest absolute Gasteiger partial charge is 0.507 e. The number of carbonyl (C=O) groups is 1. The van der Waals surface area contributed by atoms with Crippen LogP contribution in [-0.4, -0.2) is 19.4 Å². The number of amides is 1. The number of carbonyl (C=O) groups excluding carboxylic acids is 1. The molecule has 0 fully saturated rings. The Balaban J connectivity index is 3.74. The van der Waals surface area contributed by atoms with Crippen molar-refractivity contribution in [3.05, 3.63) is 22.8 Å². The zero-order valence-electron chi connectivity index (χ0n) is 12.9. The van der Waals surface area contributed by atoms with Crippen molar-refractivity contribution in [3.63, 3.8) is 0 Å². The van der Waals surface area contributed by atoms with E-state index in [2.05, 4.69) is 5.32 Å². The number of phenols is 1. The summed E-state index contributed by atoms with van der Waals surface area (Å²) in [6.45, 7) is 8.46. The van der Waals surface area contributed by atoms with Crippen LogP contribution in [0.2, 0.25) is 0 Å². The van der Waals surface area contributed by atoms with Gasteiger partial charge in [0.05, 0.1) is 4.90 Å². The summed E-state index contributed by atoms with van der Waals surface area (Å²) in [5.41, 5.74) is 0.691. The quantitative estimate of drug-likeness (QED) is 0.780. The van der Waals surface area contributed by atoms with Crippen molar-refractivity contribution < 1.29 is 18.3 Å². The fraction of sp³-hybridized carbons (Fsp3) is 0.500. The van der Waals surface area contributed by atoms with Crippen LogP contribution >= 0.6 is 0 Å². The minimum Gasteiger partial charge on any atom is -0.507 e. The van der Waals surface area contributed by atoms with E-state index in [0.29, 0.717) is 11.1 Å². The summed E-state index contributed by atoms with van der Waals surface area (Å²) in [6, 6.07) is 1.62. The molecule has 1 aromatic rings. The van der Waals surface area contributed by atoms with Crippen LogP contribution in [-0.2, 0) is 26.8 Å². The smallest absolute Gasteiger partial charge is 0.238 e. The zero-order chi connectivity index (χ0) is 16.6. The van der Waals surface area contributed by atoms with Gasteiger partial charge in [0.25, 0.3) is 0 Å². The molecule has 0 saturated heterocycles. The van der Waals surface area contributed by atoms with E-state index < -0.39 is 15.4 Å². The van der Waals surface area contributed by atoms with Crippen molar-refractivity contribution in [3.8, 4) is 5.75 Å². The third kappa shape index (κ3) is 3.95. The first-order chi connectivity index (χ1) is 9.35. The molecule has 21 heavy (non-hydrogen) atoms. The summed E-state index contributed by atoms with van der Waals surface area (Å²) in [7, 11) is -4.05. The molecule has 1 aromatic carbocycles. The third-order valence-electron chi connectivity index (χ3n) is 3.15. The minimum absolute atomic E-state index is 0.0995. The molecule has 0 bridgehead atoms. The van der Waals surface area contributed by atoms with Crippen molar-refractivity contribution >= 4 is 15.9 Å². The molecule has 0 unspecified atom stereocenters. The number of primary sulfonamides is 1. The molecule has 0 aromatic heterocycles. The average molecular weight is 314 g/mol. The summed E-state index contributed by atoms with van der Waals surface area (Å²) < 4.78 is 24.0. The van der Waals surface area contributed by atoms with E-state index >= 15 is 0 Å². The highest BCUT2D eigenvalue weighted by Gasteiger charge is 2.29. The molecule has 0 atom stereocenters. The second-order valence-corrected chi connectivity index (χ2v) is 7.60. The molecule has 0 heterocycles. The number of aryl methyl sites for hydroxylation is 1. The van der Waals surface area contributed by atoms with E-state index in [0.717, 1.165) is 0 Å². The van der Waals surface area contributed by atoms with Gasteiger partial charge in [0.15, 0.2) is 0 Å². The normalized spacial score (nSPS) is 12.3. The standard InChI is InChI=1S/C14H22N2O4S/c1-8-6-11(14(3,4)5)13(21(15,19)20)10(12(8)18)7-16-9(2)17/h6,18H,7H2,1-5H3,(H,16,17)(H2,15,19,20). The molecule has 0 aliphatic heterocycles. The second-order valence-electron chi connectivity index (χ2n) is 6.10. The van der Waals surface area contributed by atoms with Crippen molar-refractivity contribution in [1.29, 1.82) is 0 Å². The van der Waals surface area contributed by atoms with E-state index in [-0.39, 0.29) is 28.7 Å². The number of aromatic hydroxyl groups is 1. The summed E-state index contributed by atoms with van der Waals surface area (Å²) in [5.74, 6) is -0.491. The number of nitrogens with two attached hydrogens (primary N) is 1. The predicted molar refractivity (Wildman–Crippen MR) is 80.4 cm³/mol. The zero-order valence-corrected chi connectivity index (χ0v) is 13.8. The Morgan fingerprint density at radius 3 is 2.29 bits per heavy atom. The van der Waals surface area contributed by atoms with Gasteiger partial charge in [-0.05, 0) is 23.5 Å². The maximum Gasteiger partial charge on any atom is 0.238 e. The topological polar surface area (TPSA) is 109 Å². The molecular formula is C14H22N2O4S. The lowest BCUT2D eigenvalue weighted by Gasteiger charge is -2.25. The van der Waals surface area contributed by atoms with Gasteiger partial charge in [-0.2, -0.15) is 0 Å². The van der Waals surface area contributed by atoms with E-state index in [9.17, 15) is 18.3 Å². The van der Waals surface area contributed by atoms with Crippen LogP contribution < -0.4 is 10.5 Å².